The lowest BCUT2D eigenvalue weighted by molar-refractivity contribution is -0.130. The van der Waals surface area contributed by atoms with Gasteiger partial charge in [0.05, 0.1) is 11.3 Å². The molecule has 7 heteroatoms. The fourth-order valence-electron chi connectivity index (χ4n) is 3.50. The van der Waals surface area contributed by atoms with Crippen LogP contribution in [0.25, 0.3) is 0 Å². The van der Waals surface area contributed by atoms with Gasteiger partial charge in [-0.2, -0.15) is 0 Å². The minimum absolute atomic E-state index is 0.0106. The minimum Gasteiger partial charge on any atom is -0.350 e. The van der Waals surface area contributed by atoms with E-state index in [0.29, 0.717) is 48.7 Å². The van der Waals surface area contributed by atoms with Crippen molar-refractivity contribution in [3.63, 3.8) is 0 Å². The van der Waals surface area contributed by atoms with E-state index in [1.54, 1.807) is 23.1 Å². The highest BCUT2D eigenvalue weighted by atomic mass is 35.5. The smallest absolute Gasteiger partial charge is 0.253 e. The van der Waals surface area contributed by atoms with Crippen molar-refractivity contribution < 1.29 is 14.4 Å². The fraction of sp³-hybridized carbons (Fsp3) is 0.526. The molecule has 0 radical (unpaired) electrons. The molecule has 3 amide bonds. The van der Waals surface area contributed by atoms with Gasteiger partial charge in [0.2, 0.25) is 11.8 Å². The highest BCUT2D eigenvalue weighted by Crippen LogP contribution is 2.28. The summed E-state index contributed by atoms with van der Waals surface area (Å²) in [6.45, 7) is 2.25. The van der Waals surface area contributed by atoms with Gasteiger partial charge in [-0.15, -0.1) is 0 Å². The number of carbonyl (C=O) groups excluding carboxylic acids is 3. The molecular weight excluding hydrogens is 354 g/mol. The first kappa shape index (κ1) is 18.7. The second-order valence-electron chi connectivity index (χ2n) is 6.76. The molecule has 1 N–H and O–H groups in total. The van der Waals surface area contributed by atoms with Gasteiger partial charge in [0, 0.05) is 44.0 Å². The van der Waals surface area contributed by atoms with Crippen LogP contribution >= 0.6 is 11.6 Å². The predicted octanol–water partition coefficient (Wildman–Crippen LogP) is 2.60. The van der Waals surface area contributed by atoms with Crippen LogP contribution < -0.4 is 10.2 Å². The lowest BCUT2D eigenvalue weighted by Gasteiger charge is -2.22. The molecule has 0 spiro atoms. The number of carbonyl (C=O) groups is 3. The van der Waals surface area contributed by atoms with E-state index in [4.69, 9.17) is 11.6 Å². The van der Waals surface area contributed by atoms with E-state index in [0.717, 1.165) is 32.2 Å². The summed E-state index contributed by atoms with van der Waals surface area (Å²) in [6.07, 6.45) is 4.89. The normalized spacial score (nSPS) is 18.2. The molecule has 1 aromatic carbocycles. The van der Waals surface area contributed by atoms with Crippen LogP contribution in [0.2, 0.25) is 5.02 Å². The van der Waals surface area contributed by atoms with Crippen molar-refractivity contribution in [1.29, 1.82) is 0 Å². The van der Waals surface area contributed by atoms with Crippen LogP contribution in [0.5, 0.6) is 0 Å². The molecule has 0 saturated carbocycles. The maximum absolute atomic E-state index is 12.6. The van der Waals surface area contributed by atoms with Crippen molar-refractivity contribution in [3.05, 3.63) is 28.8 Å². The van der Waals surface area contributed by atoms with E-state index >= 15 is 0 Å². The summed E-state index contributed by atoms with van der Waals surface area (Å²) in [7, 11) is 0. The van der Waals surface area contributed by atoms with E-state index in [1.165, 1.54) is 0 Å². The maximum Gasteiger partial charge on any atom is 0.253 e. The Kier molecular flexibility index (Phi) is 6.14. The van der Waals surface area contributed by atoms with Gasteiger partial charge in [-0.3, -0.25) is 14.4 Å². The molecule has 1 aromatic rings. The number of anilines is 1. The number of nitrogens with zero attached hydrogens (tertiary/aromatic N) is 2. The number of amides is 3. The Morgan fingerprint density at radius 1 is 1.04 bits per heavy atom. The van der Waals surface area contributed by atoms with Crippen LogP contribution in [-0.4, -0.2) is 48.8 Å². The molecule has 0 aromatic heterocycles. The summed E-state index contributed by atoms with van der Waals surface area (Å²) in [5.41, 5.74) is 0.996. The first-order valence-corrected chi connectivity index (χ1v) is 9.60. The zero-order valence-electron chi connectivity index (χ0n) is 14.8. The first-order chi connectivity index (χ1) is 12.6. The van der Waals surface area contributed by atoms with Gasteiger partial charge in [-0.25, -0.2) is 0 Å². The highest BCUT2D eigenvalue weighted by molar-refractivity contribution is 6.31. The van der Waals surface area contributed by atoms with Gasteiger partial charge in [0.25, 0.3) is 5.91 Å². The third kappa shape index (κ3) is 4.36. The zero-order valence-corrected chi connectivity index (χ0v) is 15.6. The van der Waals surface area contributed by atoms with Gasteiger partial charge in [0.1, 0.15) is 0 Å². The molecule has 0 unspecified atom stereocenters. The Balaban J connectivity index is 1.64. The quantitative estimate of drug-likeness (QED) is 0.857. The Labute approximate surface area is 158 Å². The van der Waals surface area contributed by atoms with Crippen molar-refractivity contribution >= 4 is 35.0 Å². The van der Waals surface area contributed by atoms with Crippen molar-refractivity contribution in [2.75, 3.05) is 31.1 Å². The minimum atomic E-state index is -0.251. The van der Waals surface area contributed by atoms with Gasteiger partial charge >= 0.3 is 0 Å². The second kappa shape index (κ2) is 8.54. The van der Waals surface area contributed by atoms with Crippen molar-refractivity contribution in [2.24, 2.45) is 0 Å². The Hall–Kier alpha value is -2.08. The van der Waals surface area contributed by atoms with Crippen LogP contribution in [0.4, 0.5) is 5.69 Å². The van der Waals surface area contributed by atoms with E-state index < -0.39 is 0 Å². The summed E-state index contributed by atoms with van der Waals surface area (Å²) >= 11 is 6.07. The number of likely N-dealkylation sites (tertiary alicyclic amines) is 1. The second-order valence-corrected chi connectivity index (χ2v) is 7.19. The number of rotatable bonds is 5. The molecule has 0 aliphatic carbocycles. The SMILES string of the molecule is O=C(NCCN1CCCCCC1=O)c1ccc(Cl)cc1N1CCCC1=O. The molecule has 2 aliphatic heterocycles. The molecule has 0 bridgehead atoms. The molecule has 2 heterocycles. The summed E-state index contributed by atoms with van der Waals surface area (Å²) < 4.78 is 0. The van der Waals surface area contributed by atoms with Crippen molar-refractivity contribution in [3.8, 4) is 0 Å². The lowest BCUT2D eigenvalue weighted by atomic mass is 10.1. The number of benzene rings is 1. The first-order valence-electron chi connectivity index (χ1n) is 9.22. The number of halogens is 1. The van der Waals surface area contributed by atoms with E-state index in [9.17, 15) is 14.4 Å². The third-order valence-electron chi connectivity index (χ3n) is 4.91. The average Bonchev–Trinajstić information content (AvgIpc) is 2.94. The lowest BCUT2D eigenvalue weighted by Crippen LogP contribution is -2.38. The summed E-state index contributed by atoms with van der Waals surface area (Å²) in [4.78, 5) is 40.2. The van der Waals surface area contributed by atoms with E-state index in [-0.39, 0.29) is 17.7 Å². The molecular formula is C19H24ClN3O3. The van der Waals surface area contributed by atoms with Crippen molar-refractivity contribution in [1.82, 2.24) is 10.2 Å². The van der Waals surface area contributed by atoms with Gasteiger partial charge in [0.15, 0.2) is 0 Å². The maximum atomic E-state index is 12.6. The average molecular weight is 378 g/mol. The van der Waals surface area contributed by atoms with Crippen molar-refractivity contribution in [2.45, 2.75) is 38.5 Å². The molecule has 140 valence electrons. The highest BCUT2D eigenvalue weighted by Gasteiger charge is 2.26. The van der Waals surface area contributed by atoms with E-state index in [1.807, 2.05) is 4.90 Å². The fourth-order valence-corrected chi connectivity index (χ4v) is 3.66. The summed E-state index contributed by atoms with van der Waals surface area (Å²) in [6, 6.07) is 4.96. The van der Waals surface area contributed by atoms with Crippen LogP contribution in [-0.2, 0) is 9.59 Å². The monoisotopic (exact) mass is 377 g/mol. The number of nitrogens with one attached hydrogen (secondary N) is 1. The van der Waals surface area contributed by atoms with Crippen LogP contribution in [0, 0.1) is 0 Å². The standard InChI is InChI=1S/C19H24ClN3O3/c20-14-7-8-15(16(13-14)23-11-4-6-18(23)25)19(26)21-9-12-22-10-3-1-2-5-17(22)24/h7-8,13H,1-6,9-12H2,(H,21,26). The Morgan fingerprint density at radius 2 is 1.85 bits per heavy atom. The van der Waals surface area contributed by atoms with Gasteiger partial charge in [-0.1, -0.05) is 18.0 Å². The molecule has 2 aliphatic rings. The van der Waals surface area contributed by atoms with Crippen LogP contribution in [0.3, 0.4) is 0 Å². The molecule has 6 nitrogen and oxygen atoms in total. The zero-order chi connectivity index (χ0) is 18.5. The third-order valence-corrected chi connectivity index (χ3v) is 5.14. The topological polar surface area (TPSA) is 69.7 Å². The predicted molar refractivity (Wildman–Crippen MR) is 100 cm³/mol. The molecule has 2 saturated heterocycles. The largest absolute Gasteiger partial charge is 0.350 e. The molecule has 2 fully saturated rings. The Morgan fingerprint density at radius 3 is 2.62 bits per heavy atom. The summed E-state index contributed by atoms with van der Waals surface area (Å²) in [5.74, 6) is -0.0817. The molecule has 26 heavy (non-hydrogen) atoms. The van der Waals surface area contributed by atoms with Crippen LogP contribution in [0.15, 0.2) is 18.2 Å². The van der Waals surface area contributed by atoms with E-state index in [2.05, 4.69) is 5.32 Å². The molecule has 0 atom stereocenters. The summed E-state index contributed by atoms with van der Waals surface area (Å²) in [5, 5.41) is 3.36. The van der Waals surface area contributed by atoms with Crippen LogP contribution in [0.1, 0.15) is 48.9 Å². The van der Waals surface area contributed by atoms with Gasteiger partial charge < -0.3 is 15.1 Å². The Bertz CT molecular complexity index is 707. The number of hydrogen-bond donors (Lipinski definition) is 1. The van der Waals surface area contributed by atoms with Gasteiger partial charge in [-0.05, 0) is 37.5 Å². The molecule has 3 rings (SSSR count). The number of hydrogen-bond acceptors (Lipinski definition) is 3.